The molecule has 0 unspecified atom stereocenters. The van der Waals surface area contributed by atoms with E-state index in [1.54, 1.807) is 10.8 Å². The van der Waals surface area contributed by atoms with Gasteiger partial charge in [-0.05, 0) is 19.1 Å². The first-order chi connectivity index (χ1) is 13.3. The maximum absolute atomic E-state index is 13.7. The van der Waals surface area contributed by atoms with Crippen molar-refractivity contribution >= 4 is 21.6 Å². The van der Waals surface area contributed by atoms with Crippen molar-refractivity contribution in [3.05, 3.63) is 77.6 Å². The Kier molecular flexibility index (Phi) is 4.46. The molecule has 0 amide bonds. The van der Waals surface area contributed by atoms with Crippen molar-refractivity contribution in [2.45, 2.75) is 20.0 Å². The van der Waals surface area contributed by atoms with Crippen molar-refractivity contribution in [3.63, 3.8) is 0 Å². The lowest BCUT2D eigenvalue weighted by Gasteiger charge is -2.12. The summed E-state index contributed by atoms with van der Waals surface area (Å²) >= 11 is 1.50. The maximum atomic E-state index is 13.7. The molecule has 2 aromatic heterocycles. The Bertz CT molecular complexity index is 1190. The van der Waals surface area contributed by atoms with Crippen LogP contribution in [0.4, 0.5) is 13.2 Å². The molecule has 0 radical (unpaired) electrons. The fraction of sp³-hybridized carbons (Fsp3) is 0.182. The molecule has 0 fully saturated rings. The molecule has 0 spiro atoms. The Hall–Kier alpha value is -2.73. The summed E-state index contributed by atoms with van der Waals surface area (Å²) in [7, 11) is 1.90. The normalized spacial score (nSPS) is 11.9. The first-order valence-corrected chi connectivity index (χ1v) is 9.66. The zero-order valence-corrected chi connectivity index (χ0v) is 16.5. The number of para-hydroxylation sites is 1. The monoisotopic (exact) mass is 400 g/mol. The van der Waals surface area contributed by atoms with Crippen LogP contribution in [0.2, 0.25) is 0 Å². The molecule has 4 aromatic rings. The average molecular weight is 400 g/mol. The zero-order valence-electron chi connectivity index (χ0n) is 15.7. The van der Waals surface area contributed by atoms with Gasteiger partial charge in [-0.15, -0.1) is 0 Å². The minimum Gasteiger partial charge on any atom is -0.184 e. The number of thiazole rings is 1. The third-order valence-corrected chi connectivity index (χ3v) is 6.25. The molecule has 0 aliphatic carbocycles. The van der Waals surface area contributed by atoms with Crippen LogP contribution in [0.1, 0.15) is 16.8 Å². The van der Waals surface area contributed by atoms with Crippen molar-refractivity contribution < 1.29 is 22.3 Å². The third-order valence-electron chi connectivity index (χ3n) is 5.00. The molecule has 2 nitrogen and oxygen atoms in total. The largest absolute Gasteiger partial charge is 0.416 e. The van der Waals surface area contributed by atoms with Gasteiger partial charge < -0.3 is 0 Å². The van der Waals surface area contributed by atoms with Crippen molar-refractivity contribution in [2.75, 3.05) is 0 Å². The molecule has 0 saturated carbocycles. The second-order valence-electron chi connectivity index (χ2n) is 6.81. The zero-order chi connectivity index (χ0) is 20.1. The lowest BCUT2D eigenvalue weighted by atomic mass is 10.0. The van der Waals surface area contributed by atoms with E-state index in [0.29, 0.717) is 11.3 Å². The number of halogens is 3. The number of rotatable bonds is 2. The van der Waals surface area contributed by atoms with Crippen molar-refractivity contribution in [1.82, 2.24) is 0 Å². The summed E-state index contributed by atoms with van der Waals surface area (Å²) < 4.78 is 45.9. The Balaban J connectivity index is 2.05. The fourth-order valence-corrected chi connectivity index (χ4v) is 4.69. The summed E-state index contributed by atoms with van der Waals surface area (Å²) in [6, 6.07) is 15.9. The second kappa shape index (κ2) is 6.71. The van der Waals surface area contributed by atoms with Crippen LogP contribution >= 0.6 is 11.3 Å². The van der Waals surface area contributed by atoms with Crippen LogP contribution in [0.15, 0.2) is 60.8 Å². The molecule has 0 N–H and O–H groups in total. The molecule has 0 saturated heterocycles. The van der Waals surface area contributed by atoms with E-state index in [4.69, 9.17) is 0 Å². The number of alkyl halides is 3. The van der Waals surface area contributed by atoms with Gasteiger partial charge in [0.05, 0.1) is 11.1 Å². The quantitative estimate of drug-likeness (QED) is 0.403. The number of nitrogens with zero attached hydrogens (tertiary/aromatic N) is 2. The summed E-state index contributed by atoms with van der Waals surface area (Å²) in [5.41, 5.74) is 3.19. The molecule has 4 rings (SSSR count). The van der Waals surface area contributed by atoms with Gasteiger partial charge in [0.2, 0.25) is 11.2 Å². The fourth-order valence-electron chi connectivity index (χ4n) is 3.47. The molecule has 0 bridgehead atoms. The summed E-state index contributed by atoms with van der Waals surface area (Å²) in [6.07, 6.45) is -2.62. The topological polar surface area (TPSA) is 7.76 Å². The Morgan fingerprint density at radius 1 is 0.929 bits per heavy atom. The Labute approximate surface area is 165 Å². The summed E-state index contributed by atoms with van der Waals surface area (Å²) in [5.74, 6) is 0. The number of hydrogen-bond donors (Lipinski definition) is 0. The van der Waals surface area contributed by atoms with Crippen molar-refractivity contribution in [1.29, 1.82) is 0 Å². The molecule has 6 heteroatoms. The van der Waals surface area contributed by atoms with Crippen LogP contribution in [0.25, 0.3) is 26.5 Å². The van der Waals surface area contributed by atoms with E-state index in [1.807, 2.05) is 67.9 Å². The molecular weight excluding hydrogens is 381 g/mol. The van der Waals surface area contributed by atoms with Gasteiger partial charge in [0, 0.05) is 36.8 Å². The number of aryl methyl sites for hydroxylation is 2. The highest BCUT2D eigenvalue weighted by atomic mass is 32.1. The van der Waals surface area contributed by atoms with Crippen LogP contribution in [0.5, 0.6) is 0 Å². The third kappa shape index (κ3) is 3.07. The SMILES string of the molecule is Cc1c(-c2sc3ccccc3[n+]2C)cc(C(F)(F)F)cc1-[n+]1ccccc1C. The summed E-state index contributed by atoms with van der Waals surface area (Å²) in [6.45, 7) is 3.77. The highest BCUT2D eigenvalue weighted by molar-refractivity contribution is 7.21. The first kappa shape index (κ1) is 18.6. The van der Waals surface area contributed by atoms with E-state index in [-0.39, 0.29) is 0 Å². The van der Waals surface area contributed by atoms with Gasteiger partial charge in [-0.3, -0.25) is 0 Å². The average Bonchev–Trinajstić information content (AvgIpc) is 2.99. The Morgan fingerprint density at radius 2 is 1.64 bits per heavy atom. The van der Waals surface area contributed by atoms with E-state index in [0.717, 1.165) is 26.5 Å². The lowest BCUT2D eigenvalue weighted by molar-refractivity contribution is -0.629. The van der Waals surface area contributed by atoms with Crippen molar-refractivity contribution in [2.24, 2.45) is 7.05 Å². The summed E-state index contributed by atoms with van der Waals surface area (Å²) in [4.78, 5) is 0. The van der Waals surface area contributed by atoms with E-state index >= 15 is 0 Å². The van der Waals surface area contributed by atoms with Crippen LogP contribution < -0.4 is 9.13 Å². The van der Waals surface area contributed by atoms with Crippen LogP contribution in [-0.2, 0) is 13.2 Å². The number of hydrogen-bond acceptors (Lipinski definition) is 1. The molecule has 2 aromatic carbocycles. The lowest BCUT2D eigenvalue weighted by Crippen LogP contribution is -2.35. The Morgan fingerprint density at radius 3 is 2.32 bits per heavy atom. The van der Waals surface area contributed by atoms with E-state index in [2.05, 4.69) is 0 Å². The number of fused-ring (bicyclic) bond motifs is 1. The van der Waals surface area contributed by atoms with Gasteiger partial charge in [-0.25, -0.2) is 0 Å². The van der Waals surface area contributed by atoms with E-state index < -0.39 is 11.7 Å². The van der Waals surface area contributed by atoms with Gasteiger partial charge >= 0.3 is 6.18 Å². The molecule has 0 atom stereocenters. The number of aromatic nitrogens is 2. The van der Waals surface area contributed by atoms with Gasteiger partial charge in [0.25, 0.3) is 5.01 Å². The van der Waals surface area contributed by atoms with Crippen molar-refractivity contribution in [3.8, 4) is 16.3 Å². The smallest absolute Gasteiger partial charge is 0.184 e. The molecule has 2 heterocycles. The molecule has 0 aliphatic rings. The minimum absolute atomic E-state index is 0.542. The van der Waals surface area contributed by atoms with Crippen LogP contribution in [0, 0.1) is 13.8 Å². The van der Waals surface area contributed by atoms with Gasteiger partial charge in [0.15, 0.2) is 11.9 Å². The van der Waals surface area contributed by atoms with Gasteiger partial charge in [0.1, 0.15) is 11.7 Å². The summed E-state index contributed by atoms with van der Waals surface area (Å²) in [5, 5.41) is 0.806. The number of pyridine rings is 1. The van der Waals surface area contributed by atoms with E-state index in [1.165, 1.54) is 23.5 Å². The molecular formula is C22H19F3N2S+2. The van der Waals surface area contributed by atoms with E-state index in [9.17, 15) is 13.2 Å². The minimum atomic E-state index is -4.42. The molecule has 0 aliphatic heterocycles. The highest BCUT2D eigenvalue weighted by Gasteiger charge is 2.35. The predicted octanol–water partition coefficient (Wildman–Crippen LogP) is 5.31. The first-order valence-electron chi connectivity index (χ1n) is 8.85. The second-order valence-corrected chi connectivity index (χ2v) is 7.84. The van der Waals surface area contributed by atoms with Crippen LogP contribution in [0.3, 0.4) is 0 Å². The highest BCUT2D eigenvalue weighted by Crippen LogP contribution is 2.37. The molecule has 142 valence electrons. The predicted molar refractivity (Wildman–Crippen MR) is 104 cm³/mol. The maximum Gasteiger partial charge on any atom is 0.416 e. The standard InChI is InChI=1S/C22H19F3N2S/c1-14-8-6-7-11-27(14)19-13-16(22(23,24)25)12-17(15(19)2)21-26(3)18-9-4-5-10-20(18)28-21/h4-13H,1-3H3/q+2. The van der Waals surface area contributed by atoms with Gasteiger partial charge in [-0.1, -0.05) is 29.5 Å². The van der Waals surface area contributed by atoms with Crippen LogP contribution in [-0.4, -0.2) is 0 Å². The molecule has 28 heavy (non-hydrogen) atoms. The number of benzene rings is 2. The van der Waals surface area contributed by atoms with Gasteiger partial charge in [-0.2, -0.15) is 22.3 Å².